The summed E-state index contributed by atoms with van der Waals surface area (Å²) in [7, 11) is 1.94. The fraction of sp³-hybridized carbons (Fsp3) is 0.857. The Labute approximate surface area is 71.3 Å². The zero-order valence-corrected chi connectivity index (χ0v) is 7.70. The molecule has 2 N–H and O–H groups in total. The van der Waals surface area contributed by atoms with E-state index in [0.717, 1.165) is 17.9 Å². The molecule has 1 fully saturated rings. The first kappa shape index (κ1) is 8.87. The first-order chi connectivity index (χ1) is 5.23. The Bertz CT molecular complexity index is 153. The van der Waals surface area contributed by atoms with Crippen molar-refractivity contribution in [1.82, 2.24) is 10.6 Å². The van der Waals surface area contributed by atoms with Crippen LogP contribution in [0.25, 0.3) is 0 Å². The topological polar surface area (TPSA) is 41.1 Å². The van der Waals surface area contributed by atoms with Crippen molar-refractivity contribution in [2.45, 2.75) is 18.5 Å². The van der Waals surface area contributed by atoms with Crippen molar-refractivity contribution in [3.05, 3.63) is 0 Å². The van der Waals surface area contributed by atoms with Gasteiger partial charge >= 0.3 is 0 Å². The molecule has 0 aromatic rings. The van der Waals surface area contributed by atoms with Crippen molar-refractivity contribution in [2.24, 2.45) is 0 Å². The van der Waals surface area contributed by atoms with Crippen LogP contribution < -0.4 is 10.6 Å². The number of thioether (sulfide) groups is 1. The van der Waals surface area contributed by atoms with Crippen LogP contribution in [0, 0.1) is 0 Å². The molecular weight excluding hydrogens is 160 g/mol. The Morgan fingerprint density at radius 1 is 1.73 bits per heavy atom. The minimum atomic E-state index is 0.0750. The Kier molecular flexibility index (Phi) is 2.78. The first-order valence-electron chi connectivity index (χ1n) is 3.69. The van der Waals surface area contributed by atoms with Gasteiger partial charge in [-0.25, -0.2) is 0 Å². The quantitative estimate of drug-likeness (QED) is 0.583. The molecule has 0 aromatic carbocycles. The summed E-state index contributed by atoms with van der Waals surface area (Å²) in [6.07, 6.45) is 0.784. The maximum absolute atomic E-state index is 10.2. The third kappa shape index (κ3) is 1.68. The Morgan fingerprint density at radius 2 is 2.45 bits per heavy atom. The minimum absolute atomic E-state index is 0.0750. The van der Waals surface area contributed by atoms with E-state index in [4.69, 9.17) is 0 Å². The van der Waals surface area contributed by atoms with Crippen molar-refractivity contribution in [3.8, 4) is 0 Å². The molecule has 0 spiro atoms. The van der Waals surface area contributed by atoms with Gasteiger partial charge in [0.2, 0.25) is 6.41 Å². The van der Waals surface area contributed by atoms with E-state index in [1.165, 1.54) is 0 Å². The maximum atomic E-state index is 10.2. The summed E-state index contributed by atoms with van der Waals surface area (Å²) in [6.45, 7) is 2.13. The summed E-state index contributed by atoms with van der Waals surface area (Å²) in [5.74, 6) is 2.07. The number of likely N-dealkylation sites (N-methyl/N-ethyl adjacent to an activating group) is 1. The van der Waals surface area contributed by atoms with Crippen LogP contribution in [0.2, 0.25) is 0 Å². The summed E-state index contributed by atoms with van der Waals surface area (Å²) in [4.78, 5) is 10.2. The molecule has 1 rings (SSSR count). The van der Waals surface area contributed by atoms with E-state index in [9.17, 15) is 4.79 Å². The lowest BCUT2D eigenvalue weighted by Gasteiger charge is -2.29. The number of carbonyl (C=O) groups is 1. The van der Waals surface area contributed by atoms with E-state index >= 15 is 0 Å². The molecule has 1 saturated heterocycles. The van der Waals surface area contributed by atoms with E-state index in [-0.39, 0.29) is 11.6 Å². The largest absolute Gasteiger partial charge is 0.353 e. The number of nitrogens with one attached hydrogen (secondary N) is 2. The Hall–Kier alpha value is -0.220. The molecule has 0 aromatic heterocycles. The van der Waals surface area contributed by atoms with Crippen LogP contribution in [0.5, 0.6) is 0 Å². The van der Waals surface area contributed by atoms with Gasteiger partial charge in [-0.1, -0.05) is 0 Å². The smallest absolute Gasteiger partial charge is 0.207 e. The first-order valence-corrected chi connectivity index (χ1v) is 4.85. The lowest BCUT2D eigenvalue weighted by Crippen LogP contribution is -2.55. The lowest BCUT2D eigenvalue weighted by molar-refractivity contribution is -0.110. The van der Waals surface area contributed by atoms with Gasteiger partial charge in [-0.05, 0) is 14.0 Å². The number of amides is 1. The molecule has 11 heavy (non-hydrogen) atoms. The van der Waals surface area contributed by atoms with E-state index in [0.29, 0.717) is 0 Å². The maximum Gasteiger partial charge on any atom is 0.207 e. The predicted octanol–water partition coefficient (Wildman–Crippen LogP) is -0.174. The number of carbonyl (C=O) groups excluding carboxylic acids is 1. The molecule has 0 radical (unpaired) electrons. The molecule has 1 heterocycles. The van der Waals surface area contributed by atoms with Crippen LogP contribution in [0.4, 0.5) is 0 Å². The molecule has 4 heteroatoms. The highest BCUT2D eigenvalue weighted by molar-refractivity contribution is 7.99. The van der Waals surface area contributed by atoms with Gasteiger partial charge in [0.25, 0.3) is 0 Å². The molecular formula is C7H14N2OS. The van der Waals surface area contributed by atoms with Crippen LogP contribution in [0.3, 0.4) is 0 Å². The lowest BCUT2D eigenvalue weighted by atomic mass is 9.97. The van der Waals surface area contributed by atoms with Gasteiger partial charge in [0, 0.05) is 17.0 Å². The summed E-state index contributed by atoms with van der Waals surface area (Å²) in [5.41, 5.74) is 0.0750. The fourth-order valence-electron chi connectivity index (χ4n) is 1.23. The highest BCUT2D eigenvalue weighted by atomic mass is 32.2. The summed E-state index contributed by atoms with van der Waals surface area (Å²) in [5, 5.41) is 6.06. The van der Waals surface area contributed by atoms with E-state index in [1.807, 2.05) is 18.8 Å². The second-order valence-corrected chi connectivity index (χ2v) is 4.05. The van der Waals surface area contributed by atoms with Gasteiger partial charge in [0.1, 0.15) is 0 Å². The average Bonchev–Trinajstić information content (AvgIpc) is 2.35. The summed E-state index contributed by atoms with van der Waals surface area (Å²) >= 11 is 1.87. The Balaban J connectivity index is 2.56. The van der Waals surface area contributed by atoms with Crippen molar-refractivity contribution in [2.75, 3.05) is 18.6 Å². The van der Waals surface area contributed by atoms with Crippen LogP contribution in [0.1, 0.15) is 6.92 Å². The zero-order chi connectivity index (χ0) is 8.32. The van der Waals surface area contributed by atoms with Crippen molar-refractivity contribution in [1.29, 1.82) is 0 Å². The predicted molar refractivity (Wildman–Crippen MR) is 47.8 cm³/mol. The SMILES string of the molecule is CNC1(C)CSCC1NC=O. The minimum Gasteiger partial charge on any atom is -0.353 e. The third-order valence-corrected chi connectivity index (χ3v) is 3.67. The monoisotopic (exact) mass is 174 g/mol. The normalized spacial score (nSPS) is 37.1. The molecule has 0 aliphatic carbocycles. The fourth-order valence-corrected chi connectivity index (χ4v) is 2.82. The highest BCUT2D eigenvalue weighted by Crippen LogP contribution is 2.27. The summed E-state index contributed by atoms with van der Waals surface area (Å²) in [6, 6.07) is 0.273. The van der Waals surface area contributed by atoms with E-state index in [2.05, 4.69) is 17.6 Å². The number of hydrogen-bond acceptors (Lipinski definition) is 3. The second kappa shape index (κ2) is 3.45. The van der Waals surface area contributed by atoms with E-state index in [1.54, 1.807) is 0 Å². The molecule has 3 nitrogen and oxygen atoms in total. The molecule has 2 atom stereocenters. The standard InChI is InChI=1S/C7H14N2OS/c1-7(8-2)4-11-3-6(7)9-5-10/h5-6,8H,3-4H2,1-2H3,(H,9,10). The van der Waals surface area contributed by atoms with Crippen LogP contribution in [-0.4, -0.2) is 36.5 Å². The molecule has 64 valence electrons. The molecule has 2 unspecified atom stereocenters. The number of hydrogen-bond donors (Lipinski definition) is 2. The van der Waals surface area contributed by atoms with Crippen LogP contribution in [-0.2, 0) is 4.79 Å². The molecule has 0 bridgehead atoms. The second-order valence-electron chi connectivity index (χ2n) is 3.02. The van der Waals surface area contributed by atoms with Gasteiger partial charge in [0.05, 0.1) is 6.04 Å². The molecule has 1 aliphatic rings. The van der Waals surface area contributed by atoms with Crippen molar-refractivity contribution in [3.63, 3.8) is 0 Å². The van der Waals surface area contributed by atoms with Gasteiger partial charge in [-0.3, -0.25) is 4.79 Å². The zero-order valence-electron chi connectivity index (χ0n) is 6.89. The van der Waals surface area contributed by atoms with Gasteiger partial charge in [-0.15, -0.1) is 0 Å². The Morgan fingerprint density at radius 3 is 3.00 bits per heavy atom. The van der Waals surface area contributed by atoms with Crippen molar-refractivity contribution >= 4 is 18.2 Å². The molecule has 1 amide bonds. The van der Waals surface area contributed by atoms with E-state index < -0.39 is 0 Å². The average molecular weight is 174 g/mol. The third-order valence-electron chi connectivity index (χ3n) is 2.30. The van der Waals surface area contributed by atoms with Crippen molar-refractivity contribution < 1.29 is 4.79 Å². The van der Waals surface area contributed by atoms with Gasteiger partial charge in [0.15, 0.2) is 0 Å². The van der Waals surface area contributed by atoms with Crippen LogP contribution in [0.15, 0.2) is 0 Å². The summed E-state index contributed by atoms with van der Waals surface area (Å²) < 4.78 is 0. The highest BCUT2D eigenvalue weighted by Gasteiger charge is 2.37. The number of rotatable bonds is 3. The van der Waals surface area contributed by atoms with Gasteiger partial charge in [-0.2, -0.15) is 11.8 Å². The molecule has 0 saturated carbocycles. The molecule has 1 aliphatic heterocycles. The van der Waals surface area contributed by atoms with Gasteiger partial charge < -0.3 is 10.6 Å². The van der Waals surface area contributed by atoms with Crippen LogP contribution >= 0.6 is 11.8 Å².